The Kier molecular flexibility index (Phi) is 5.47. The number of benzene rings is 2. The van der Waals surface area contributed by atoms with Gasteiger partial charge in [-0.2, -0.15) is 0 Å². The Hall–Kier alpha value is -2.24. The summed E-state index contributed by atoms with van der Waals surface area (Å²) in [5.41, 5.74) is 7.76. The third-order valence-corrected chi connectivity index (χ3v) is 3.72. The maximum absolute atomic E-state index is 12.2. The highest BCUT2D eigenvalue weighted by molar-refractivity contribution is 6.39. The number of carbonyl (C=O) groups excluding carboxylic acids is 2. The minimum Gasteiger partial charge on any atom is -0.396 e. The largest absolute Gasteiger partial charge is 0.396 e. The molecule has 2 amide bonds. The molecule has 4 N–H and O–H groups in total. The quantitative estimate of drug-likeness (QED) is 0.737. The molecule has 0 saturated carbocycles. The molecule has 0 aliphatic carbocycles. The highest BCUT2D eigenvalue weighted by atomic mass is 35.5. The molecule has 0 unspecified atom stereocenters. The standard InChI is InChI=1S/C16H15Cl2N3O2/c1-9(22)20-8-10-2-4-11(5-3-10)16(23)21-12-6-13(17)15(19)14(18)7-12/h2-7H,8,19H2,1H3,(H,20,22)(H,21,23). The highest BCUT2D eigenvalue weighted by Gasteiger charge is 2.09. The van der Waals surface area contributed by atoms with E-state index in [0.717, 1.165) is 5.56 Å². The van der Waals surface area contributed by atoms with Gasteiger partial charge < -0.3 is 16.4 Å². The van der Waals surface area contributed by atoms with Crippen LogP contribution in [0.15, 0.2) is 36.4 Å². The van der Waals surface area contributed by atoms with E-state index in [2.05, 4.69) is 10.6 Å². The monoisotopic (exact) mass is 351 g/mol. The highest BCUT2D eigenvalue weighted by Crippen LogP contribution is 2.31. The Labute approximate surface area is 143 Å². The van der Waals surface area contributed by atoms with E-state index in [9.17, 15) is 9.59 Å². The van der Waals surface area contributed by atoms with Crippen molar-refractivity contribution in [1.29, 1.82) is 0 Å². The Morgan fingerprint density at radius 3 is 2.17 bits per heavy atom. The zero-order chi connectivity index (χ0) is 17.0. The molecule has 0 radical (unpaired) electrons. The first kappa shape index (κ1) is 17.1. The molecule has 0 fully saturated rings. The summed E-state index contributed by atoms with van der Waals surface area (Å²) in [5.74, 6) is -0.406. The van der Waals surface area contributed by atoms with Gasteiger partial charge in [0.15, 0.2) is 0 Å². The Bertz CT molecular complexity index is 722. The number of nitrogens with one attached hydrogen (secondary N) is 2. The van der Waals surface area contributed by atoms with Crippen LogP contribution in [0.1, 0.15) is 22.8 Å². The molecule has 2 aromatic rings. The van der Waals surface area contributed by atoms with E-state index < -0.39 is 0 Å². The van der Waals surface area contributed by atoms with Crippen LogP contribution in [0.2, 0.25) is 10.0 Å². The number of anilines is 2. The van der Waals surface area contributed by atoms with E-state index in [-0.39, 0.29) is 27.5 Å². The Morgan fingerprint density at radius 1 is 1.09 bits per heavy atom. The van der Waals surface area contributed by atoms with Gasteiger partial charge in [-0.15, -0.1) is 0 Å². The average molecular weight is 352 g/mol. The molecule has 0 aliphatic heterocycles. The first-order valence-electron chi connectivity index (χ1n) is 6.76. The number of halogens is 2. The number of amides is 2. The summed E-state index contributed by atoms with van der Waals surface area (Å²) < 4.78 is 0. The van der Waals surface area contributed by atoms with Gasteiger partial charge in [0.2, 0.25) is 5.91 Å². The van der Waals surface area contributed by atoms with Gasteiger partial charge in [-0.1, -0.05) is 35.3 Å². The number of hydrogen-bond acceptors (Lipinski definition) is 3. The van der Waals surface area contributed by atoms with Crippen molar-refractivity contribution in [2.45, 2.75) is 13.5 Å². The normalized spacial score (nSPS) is 10.2. The molecule has 2 aromatic carbocycles. The average Bonchev–Trinajstić information content (AvgIpc) is 2.51. The molecule has 0 atom stereocenters. The van der Waals surface area contributed by atoms with Crippen LogP contribution in [-0.4, -0.2) is 11.8 Å². The van der Waals surface area contributed by atoms with Gasteiger partial charge >= 0.3 is 0 Å². The molecule has 0 aliphatic rings. The van der Waals surface area contributed by atoms with E-state index in [1.54, 1.807) is 24.3 Å². The van der Waals surface area contributed by atoms with E-state index in [0.29, 0.717) is 17.8 Å². The van der Waals surface area contributed by atoms with Crippen LogP contribution in [0.4, 0.5) is 11.4 Å². The van der Waals surface area contributed by atoms with Crippen LogP contribution in [0.3, 0.4) is 0 Å². The Morgan fingerprint density at radius 2 is 1.65 bits per heavy atom. The maximum Gasteiger partial charge on any atom is 0.255 e. The first-order chi connectivity index (χ1) is 10.9. The second kappa shape index (κ2) is 7.35. The predicted molar refractivity (Wildman–Crippen MR) is 92.8 cm³/mol. The van der Waals surface area contributed by atoms with E-state index in [4.69, 9.17) is 28.9 Å². The second-order valence-electron chi connectivity index (χ2n) is 4.91. The van der Waals surface area contributed by atoms with Gasteiger partial charge in [0.1, 0.15) is 0 Å². The molecule has 0 saturated heterocycles. The lowest BCUT2D eigenvalue weighted by atomic mass is 10.1. The third kappa shape index (κ3) is 4.61. The molecule has 120 valence electrons. The van der Waals surface area contributed by atoms with Gasteiger partial charge in [-0.25, -0.2) is 0 Å². The molecule has 0 aromatic heterocycles. The van der Waals surface area contributed by atoms with Crippen LogP contribution in [0.5, 0.6) is 0 Å². The van der Waals surface area contributed by atoms with Crippen LogP contribution >= 0.6 is 23.2 Å². The fraction of sp³-hybridized carbons (Fsp3) is 0.125. The van der Waals surface area contributed by atoms with Crippen molar-refractivity contribution in [3.8, 4) is 0 Å². The lowest BCUT2D eigenvalue weighted by Crippen LogP contribution is -2.19. The topological polar surface area (TPSA) is 84.2 Å². The van der Waals surface area contributed by atoms with Crippen LogP contribution in [-0.2, 0) is 11.3 Å². The Balaban J connectivity index is 2.07. The summed E-state index contributed by atoms with van der Waals surface area (Å²) in [6.45, 7) is 1.87. The minimum absolute atomic E-state index is 0.107. The molecule has 0 heterocycles. The zero-order valence-corrected chi connectivity index (χ0v) is 13.8. The summed E-state index contributed by atoms with van der Waals surface area (Å²) in [6, 6.07) is 9.96. The molecule has 5 nitrogen and oxygen atoms in total. The number of nitrogen functional groups attached to an aromatic ring is 1. The summed E-state index contributed by atoms with van der Waals surface area (Å²) >= 11 is 11.9. The van der Waals surface area contributed by atoms with E-state index >= 15 is 0 Å². The van der Waals surface area contributed by atoms with Gasteiger partial charge in [0, 0.05) is 24.7 Å². The lowest BCUT2D eigenvalue weighted by Gasteiger charge is -2.09. The lowest BCUT2D eigenvalue weighted by molar-refractivity contribution is -0.119. The molecular weight excluding hydrogens is 337 g/mol. The van der Waals surface area contributed by atoms with Crippen molar-refractivity contribution in [1.82, 2.24) is 5.32 Å². The van der Waals surface area contributed by atoms with Crippen molar-refractivity contribution in [2.75, 3.05) is 11.1 Å². The molecule has 2 rings (SSSR count). The first-order valence-corrected chi connectivity index (χ1v) is 7.51. The number of rotatable bonds is 4. The number of hydrogen-bond donors (Lipinski definition) is 3. The molecule has 7 heteroatoms. The second-order valence-corrected chi connectivity index (χ2v) is 5.73. The van der Waals surface area contributed by atoms with E-state index in [1.165, 1.54) is 19.1 Å². The predicted octanol–water partition coefficient (Wildman–Crippen LogP) is 3.46. The van der Waals surface area contributed by atoms with Gasteiger partial charge in [-0.3, -0.25) is 9.59 Å². The summed E-state index contributed by atoms with van der Waals surface area (Å²) in [7, 11) is 0. The van der Waals surface area contributed by atoms with Crippen molar-refractivity contribution >= 4 is 46.4 Å². The van der Waals surface area contributed by atoms with Crippen molar-refractivity contribution < 1.29 is 9.59 Å². The summed E-state index contributed by atoms with van der Waals surface area (Å²) in [6.07, 6.45) is 0. The third-order valence-electron chi connectivity index (χ3n) is 3.09. The minimum atomic E-state index is -0.298. The number of carbonyl (C=O) groups is 2. The summed E-state index contributed by atoms with van der Waals surface area (Å²) in [4.78, 5) is 23.1. The fourth-order valence-electron chi connectivity index (χ4n) is 1.86. The van der Waals surface area contributed by atoms with Crippen LogP contribution in [0, 0.1) is 0 Å². The number of nitrogens with two attached hydrogens (primary N) is 1. The van der Waals surface area contributed by atoms with Crippen molar-refractivity contribution in [3.05, 3.63) is 57.6 Å². The molecule has 23 heavy (non-hydrogen) atoms. The maximum atomic E-state index is 12.2. The van der Waals surface area contributed by atoms with Crippen molar-refractivity contribution in [3.63, 3.8) is 0 Å². The van der Waals surface area contributed by atoms with Gasteiger partial charge in [0.25, 0.3) is 5.91 Å². The van der Waals surface area contributed by atoms with Gasteiger partial charge in [0.05, 0.1) is 15.7 Å². The van der Waals surface area contributed by atoms with Crippen LogP contribution < -0.4 is 16.4 Å². The van der Waals surface area contributed by atoms with E-state index in [1.807, 2.05) is 0 Å². The van der Waals surface area contributed by atoms with Crippen molar-refractivity contribution in [2.24, 2.45) is 0 Å². The zero-order valence-electron chi connectivity index (χ0n) is 12.3. The smallest absolute Gasteiger partial charge is 0.255 e. The molecule has 0 spiro atoms. The van der Waals surface area contributed by atoms with Crippen LogP contribution in [0.25, 0.3) is 0 Å². The van der Waals surface area contributed by atoms with Gasteiger partial charge in [-0.05, 0) is 29.8 Å². The fourth-order valence-corrected chi connectivity index (χ4v) is 2.35. The molecule has 0 bridgehead atoms. The SMILES string of the molecule is CC(=O)NCc1ccc(C(=O)Nc2cc(Cl)c(N)c(Cl)c2)cc1. The summed E-state index contributed by atoms with van der Waals surface area (Å²) in [5, 5.41) is 5.94. The molecular formula is C16H15Cl2N3O2.